The first kappa shape index (κ1) is 25.7. The van der Waals surface area contributed by atoms with Gasteiger partial charge >= 0.3 is 6.18 Å². The van der Waals surface area contributed by atoms with E-state index in [2.05, 4.69) is 20.6 Å². The highest BCUT2D eigenvalue weighted by Crippen LogP contribution is 2.38. The fraction of sp³-hybridized carbons (Fsp3) is 0.111. The van der Waals surface area contributed by atoms with Crippen LogP contribution < -0.4 is 5.32 Å². The maximum atomic E-state index is 14.0. The lowest BCUT2D eigenvalue weighted by atomic mass is 10.1. The van der Waals surface area contributed by atoms with Gasteiger partial charge in [-0.25, -0.2) is 4.68 Å². The molecule has 0 aliphatic rings. The van der Waals surface area contributed by atoms with Crippen LogP contribution in [0.4, 0.5) is 13.2 Å². The molecule has 0 aliphatic carbocycles. The summed E-state index contributed by atoms with van der Waals surface area (Å²) in [4.78, 5) is 16.5. The standard InChI is InChI=1S/C27H20F3N5O4/c28-27(29,30)23-21(15-32-35(23)19-6-2-1-3-7-19)26-33-24(34-39-26)18-11-9-17(10-12-18)22(37)25(38)31-14-16-5-4-8-20(36)13-16/h1-13,15,22,36-37H,14H2,(H,31,38). The SMILES string of the molecule is O=C(NCc1cccc(O)c1)C(O)c1ccc(-c2noc(-c3cnn(-c4ccccc4)c3C(F)(F)F)n2)cc1. The number of halogens is 3. The van der Waals surface area contributed by atoms with Gasteiger partial charge in [0.25, 0.3) is 11.8 Å². The summed E-state index contributed by atoms with van der Waals surface area (Å²) in [6.07, 6.45) is -5.22. The second-order valence-corrected chi connectivity index (χ2v) is 8.49. The van der Waals surface area contributed by atoms with Gasteiger partial charge in [0.2, 0.25) is 5.82 Å². The maximum absolute atomic E-state index is 14.0. The van der Waals surface area contributed by atoms with Crippen molar-refractivity contribution in [3.05, 3.63) is 102 Å². The van der Waals surface area contributed by atoms with Crippen LogP contribution in [0.1, 0.15) is 22.9 Å². The molecule has 198 valence electrons. The van der Waals surface area contributed by atoms with E-state index in [9.17, 15) is 28.2 Å². The first-order valence-electron chi connectivity index (χ1n) is 11.6. The molecule has 0 bridgehead atoms. The number of phenols is 1. The van der Waals surface area contributed by atoms with Crippen molar-refractivity contribution in [2.24, 2.45) is 0 Å². The van der Waals surface area contributed by atoms with Crippen molar-refractivity contribution in [2.45, 2.75) is 18.8 Å². The van der Waals surface area contributed by atoms with E-state index in [0.717, 1.165) is 10.9 Å². The molecule has 0 spiro atoms. The molecule has 1 unspecified atom stereocenters. The van der Waals surface area contributed by atoms with Crippen LogP contribution in [0.2, 0.25) is 0 Å². The molecule has 39 heavy (non-hydrogen) atoms. The zero-order valence-electron chi connectivity index (χ0n) is 20.0. The molecule has 12 heteroatoms. The van der Waals surface area contributed by atoms with E-state index in [4.69, 9.17) is 4.52 Å². The Bertz CT molecular complexity index is 1600. The van der Waals surface area contributed by atoms with Crippen LogP contribution in [0.5, 0.6) is 5.75 Å². The van der Waals surface area contributed by atoms with Crippen LogP contribution in [-0.2, 0) is 17.5 Å². The lowest BCUT2D eigenvalue weighted by Gasteiger charge is -2.12. The summed E-state index contributed by atoms with van der Waals surface area (Å²) in [6, 6.07) is 20.2. The summed E-state index contributed by atoms with van der Waals surface area (Å²) in [5, 5.41) is 30.2. The minimum Gasteiger partial charge on any atom is -0.508 e. The van der Waals surface area contributed by atoms with Gasteiger partial charge in [-0.1, -0.05) is 59.8 Å². The molecule has 5 aromatic rings. The van der Waals surface area contributed by atoms with Crippen molar-refractivity contribution in [2.75, 3.05) is 0 Å². The first-order valence-corrected chi connectivity index (χ1v) is 11.6. The number of carbonyl (C=O) groups excluding carboxylic acids is 1. The highest BCUT2D eigenvalue weighted by atomic mass is 19.4. The average molecular weight is 535 g/mol. The molecule has 9 nitrogen and oxygen atoms in total. The number of nitrogens with one attached hydrogen (secondary N) is 1. The van der Waals surface area contributed by atoms with Gasteiger partial charge in [0.15, 0.2) is 11.8 Å². The maximum Gasteiger partial charge on any atom is 0.434 e. The number of hydrogen-bond acceptors (Lipinski definition) is 7. The van der Waals surface area contributed by atoms with Crippen LogP contribution in [0, 0.1) is 0 Å². The van der Waals surface area contributed by atoms with Crippen molar-refractivity contribution in [3.63, 3.8) is 0 Å². The van der Waals surface area contributed by atoms with E-state index < -0.39 is 23.9 Å². The average Bonchev–Trinajstić information content (AvgIpc) is 3.60. The van der Waals surface area contributed by atoms with Crippen molar-refractivity contribution in [1.82, 2.24) is 25.2 Å². The zero-order valence-corrected chi connectivity index (χ0v) is 20.0. The summed E-state index contributed by atoms with van der Waals surface area (Å²) in [7, 11) is 0. The molecule has 0 saturated heterocycles. The number of hydrogen-bond donors (Lipinski definition) is 3. The minimum absolute atomic E-state index is 0.0139. The third kappa shape index (κ3) is 5.50. The summed E-state index contributed by atoms with van der Waals surface area (Å²) in [6.45, 7) is 0.106. The lowest BCUT2D eigenvalue weighted by molar-refractivity contribution is -0.142. The number of phenolic OH excluding ortho intramolecular Hbond substituents is 1. The number of aromatic hydroxyl groups is 1. The van der Waals surface area contributed by atoms with Crippen molar-refractivity contribution in [1.29, 1.82) is 0 Å². The second kappa shape index (κ2) is 10.4. The Morgan fingerprint density at radius 2 is 1.77 bits per heavy atom. The van der Waals surface area contributed by atoms with E-state index in [0.29, 0.717) is 11.1 Å². The van der Waals surface area contributed by atoms with Gasteiger partial charge in [0, 0.05) is 12.1 Å². The Kier molecular flexibility index (Phi) is 6.86. The third-order valence-electron chi connectivity index (χ3n) is 5.81. The molecule has 5 rings (SSSR count). The van der Waals surface area contributed by atoms with Crippen LogP contribution in [0.3, 0.4) is 0 Å². The van der Waals surface area contributed by atoms with Crippen molar-refractivity contribution >= 4 is 5.91 Å². The number of amides is 1. The Hall–Kier alpha value is -4.97. The summed E-state index contributed by atoms with van der Waals surface area (Å²) in [5.74, 6) is -0.944. The fourth-order valence-electron chi connectivity index (χ4n) is 3.91. The number of aliphatic hydroxyl groups excluding tert-OH is 1. The molecule has 2 heterocycles. The summed E-state index contributed by atoms with van der Waals surface area (Å²) >= 11 is 0. The largest absolute Gasteiger partial charge is 0.508 e. The highest BCUT2D eigenvalue weighted by molar-refractivity contribution is 5.82. The van der Waals surface area contributed by atoms with Gasteiger partial charge in [0.1, 0.15) is 5.75 Å². The van der Waals surface area contributed by atoms with E-state index >= 15 is 0 Å². The van der Waals surface area contributed by atoms with Gasteiger partial charge in [-0.05, 0) is 35.4 Å². The van der Waals surface area contributed by atoms with E-state index in [1.165, 1.54) is 48.5 Å². The monoisotopic (exact) mass is 535 g/mol. The van der Waals surface area contributed by atoms with Crippen molar-refractivity contribution < 1.29 is 32.7 Å². The van der Waals surface area contributed by atoms with Crippen LogP contribution in [0.15, 0.2) is 89.6 Å². The topological polar surface area (TPSA) is 126 Å². The minimum atomic E-state index is -4.75. The Labute approximate surface area is 219 Å². The number of aromatic nitrogens is 4. The predicted octanol–water partition coefficient (Wildman–Crippen LogP) is 4.66. The highest BCUT2D eigenvalue weighted by Gasteiger charge is 2.40. The molecular weight excluding hydrogens is 515 g/mol. The molecule has 2 aromatic heterocycles. The molecule has 3 N–H and O–H groups in total. The Morgan fingerprint density at radius 1 is 1.03 bits per heavy atom. The van der Waals surface area contributed by atoms with E-state index in [1.807, 2.05) is 0 Å². The van der Waals surface area contributed by atoms with Crippen LogP contribution in [0.25, 0.3) is 28.5 Å². The number of nitrogens with zero attached hydrogens (tertiary/aromatic N) is 4. The Morgan fingerprint density at radius 3 is 2.46 bits per heavy atom. The second-order valence-electron chi connectivity index (χ2n) is 8.49. The van der Waals surface area contributed by atoms with Gasteiger partial charge < -0.3 is 20.1 Å². The van der Waals surface area contributed by atoms with E-state index in [1.54, 1.807) is 30.3 Å². The molecule has 0 saturated carbocycles. The normalized spacial score (nSPS) is 12.3. The van der Waals surface area contributed by atoms with Gasteiger partial charge in [-0.15, -0.1) is 0 Å². The van der Waals surface area contributed by atoms with Gasteiger partial charge in [-0.3, -0.25) is 4.79 Å². The van der Waals surface area contributed by atoms with Crippen molar-refractivity contribution in [3.8, 4) is 34.3 Å². The Balaban J connectivity index is 1.33. The predicted molar refractivity (Wildman–Crippen MR) is 132 cm³/mol. The molecule has 0 aliphatic heterocycles. The molecule has 0 fully saturated rings. The first-order chi connectivity index (χ1) is 18.7. The number of benzene rings is 3. The summed E-state index contributed by atoms with van der Waals surface area (Å²) in [5.41, 5.74) is 0.113. The molecule has 0 radical (unpaired) electrons. The molecule has 1 atom stereocenters. The number of para-hydroxylation sites is 1. The quantitative estimate of drug-likeness (QED) is 0.277. The number of aliphatic hydroxyl groups is 1. The molecular formula is C27H20F3N5O4. The van der Waals surface area contributed by atoms with Crippen LogP contribution >= 0.6 is 0 Å². The number of alkyl halides is 3. The summed E-state index contributed by atoms with van der Waals surface area (Å²) < 4.78 is 47.8. The smallest absolute Gasteiger partial charge is 0.434 e. The zero-order chi connectivity index (χ0) is 27.6. The number of carbonyl (C=O) groups is 1. The fourth-order valence-corrected chi connectivity index (χ4v) is 3.91. The van der Waals surface area contributed by atoms with Gasteiger partial charge in [0.05, 0.1) is 17.4 Å². The van der Waals surface area contributed by atoms with E-state index in [-0.39, 0.29) is 40.8 Å². The molecule has 3 aromatic carbocycles. The molecule has 1 amide bonds. The van der Waals surface area contributed by atoms with Crippen LogP contribution in [-0.4, -0.2) is 36.0 Å². The van der Waals surface area contributed by atoms with Gasteiger partial charge in [-0.2, -0.15) is 23.3 Å². The lowest BCUT2D eigenvalue weighted by Crippen LogP contribution is -2.28. The number of rotatable bonds is 7. The third-order valence-corrected chi connectivity index (χ3v) is 5.81.